The predicted molar refractivity (Wildman–Crippen MR) is 85.3 cm³/mol. The number of carboxylic acids is 1. The molecule has 3 N–H and O–H groups in total. The number of hydrogen-bond acceptors (Lipinski definition) is 4. The lowest BCUT2D eigenvalue weighted by molar-refractivity contribution is -0.157. The second-order valence-corrected chi connectivity index (χ2v) is 6.76. The zero-order chi connectivity index (χ0) is 17.1. The molecular weight excluding hydrogens is 329 g/mol. The Hall–Kier alpha value is -1.30. The first kappa shape index (κ1) is 18.7. The van der Waals surface area contributed by atoms with Crippen molar-refractivity contribution in [3.8, 4) is 0 Å². The number of carbonyl (C=O) groups is 2. The van der Waals surface area contributed by atoms with Gasteiger partial charge in [0, 0.05) is 6.04 Å². The Bertz CT molecular complexity index is 569. The molecule has 1 aromatic carbocycles. The van der Waals surface area contributed by atoms with Crippen molar-refractivity contribution in [1.29, 1.82) is 0 Å². The summed E-state index contributed by atoms with van der Waals surface area (Å²) in [5, 5.41) is 9.51. The summed E-state index contributed by atoms with van der Waals surface area (Å²) in [6, 6.07) is 3.68. The fourth-order valence-electron chi connectivity index (χ4n) is 1.95. The first-order chi connectivity index (χ1) is 10.0. The van der Waals surface area contributed by atoms with Crippen molar-refractivity contribution >= 4 is 35.1 Å². The van der Waals surface area contributed by atoms with Crippen LogP contribution in [0.2, 0.25) is 10.0 Å². The minimum atomic E-state index is -1.10. The van der Waals surface area contributed by atoms with Crippen LogP contribution in [0.15, 0.2) is 18.2 Å². The molecule has 0 bridgehead atoms. The van der Waals surface area contributed by atoms with Gasteiger partial charge in [-0.3, -0.25) is 9.59 Å². The van der Waals surface area contributed by atoms with Crippen molar-refractivity contribution in [1.82, 2.24) is 0 Å². The summed E-state index contributed by atoms with van der Waals surface area (Å²) < 4.78 is 5.34. The number of hydrogen-bond donors (Lipinski definition) is 2. The number of ether oxygens (including phenoxy) is 1. The van der Waals surface area contributed by atoms with E-state index in [4.69, 9.17) is 38.8 Å². The lowest BCUT2D eigenvalue weighted by Gasteiger charge is -2.27. The van der Waals surface area contributed by atoms with Gasteiger partial charge in [0.2, 0.25) is 0 Å². The highest BCUT2D eigenvalue weighted by Gasteiger charge is 2.33. The molecule has 2 atom stereocenters. The second kappa shape index (κ2) is 7.31. The molecule has 0 radical (unpaired) electrons. The SMILES string of the molecule is CC(C)(C)OC(=O)[C@@H](c1ccc(Cl)c(Cl)c1)[C@H](N)CC(=O)O. The van der Waals surface area contributed by atoms with Crippen LogP contribution in [-0.4, -0.2) is 28.7 Å². The highest BCUT2D eigenvalue weighted by Crippen LogP contribution is 2.30. The quantitative estimate of drug-likeness (QED) is 0.798. The Labute approximate surface area is 139 Å². The summed E-state index contributed by atoms with van der Waals surface area (Å²) >= 11 is 11.8. The minimum absolute atomic E-state index is 0.259. The van der Waals surface area contributed by atoms with E-state index in [2.05, 4.69) is 0 Å². The zero-order valence-corrected chi connectivity index (χ0v) is 14.1. The van der Waals surface area contributed by atoms with E-state index in [1.165, 1.54) is 12.1 Å². The number of benzene rings is 1. The van der Waals surface area contributed by atoms with Crippen LogP contribution < -0.4 is 5.73 Å². The van der Waals surface area contributed by atoms with Crippen LogP contribution in [0.25, 0.3) is 0 Å². The number of aliphatic carboxylic acids is 1. The van der Waals surface area contributed by atoms with Gasteiger partial charge >= 0.3 is 11.9 Å². The topological polar surface area (TPSA) is 89.6 Å². The average Bonchev–Trinajstić information content (AvgIpc) is 2.30. The molecule has 0 saturated carbocycles. The Morgan fingerprint density at radius 3 is 2.32 bits per heavy atom. The molecule has 7 heteroatoms. The summed E-state index contributed by atoms with van der Waals surface area (Å²) in [6.07, 6.45) is -0.371. The van der Waals surface area contributed by atoms with Crippen LogP contribution in [0.1, 0.15) is 38.7 Å². The smallest absolute Gasteiger partial charge is 0.315 e. The molecule has 0 heterocycles. The van der Waals surface area contributed by atoms with Gasteiger partial charge in [0.05, 0.1) is 22.4 Å². The van der Waals surface area contributed by atoms with Gasteiger partial charge in [-0.1, -0.05) is 29.3 Å². The molecule has 0 saturated heterocycles. The van der Waals surface area contributed by atoms with Crippen molar-refractivity contribution in [2.24, 2.45) is 5.73 Å². The summed E-state index contributed by atoms with van der Waals surface area (Å²) in [5.41, 5.74) is 5.66. The van der Waals surface area contributed by atoms with E-state index in [1.807, 2.05) is 0 Å². The number of nitrogens with two attached hydrogens (primary N) is 1. The molecule has 122 valence electrons. The predicted octanol–water partition coefficient (Wildman–Crippen LogP) is 3.22. The van der Waals surface area contributed by atoms with E-state index in [0.29, 0.717) is 10.6 Å². The van der Waals surface area contributed by atoms with Crippen molar-refractivity contribution in [3.63, 3.8) is 0 Å². The maximum absolute atomic E-state index is 12.4. The highest BCUT2D eigenvalue weighted by molar-refractivity contribution is 6.42. The number of halogens is 2. The van der Waals surface area contributed by atoms with Gasteiger partial charge in [-0.15, -0.1) is 0 Å². The van der Waals surface area contributed by atoms with Gasteiger partial charge in [-0.2, -0.15) is 0 Å². The Morgan fingerprint density at radius 2 is 1.86 bits per heavy atom. The lowest BCUT2D eigenvalue weighted by Crippen LogP contribution is -2.39. The maximum Gasteiger partial charge on any atom is 0.315 e. The molecule has 0 amide bonds. The van der Waals surface area contributed by atoms with Gasteiger partial charge < -0.3 is 15.6 Å². The van der Waals surface area contributed by atoms with Crippen molar-refractivity contribution in [3.05, 3.63) is 33.8 Å². The number of esters is 1. The molecule has 0 aromatic heterocycles. The lowest BCUT2D eigenvalue weighted by atomic mass is 9.90. The van der Waals surface area contributed by atoms with Crippen LogP contribution in [0.5, 0.6) is 0 Å². The normalized spacial score (nSPS) is 14.3. The number of carboxylic acid groups (broad SMARTS) is 1. The molecule has 0 spiro atoms. The molecular formula is C15H19Cl2NO4. The number of rotatable bonds is 5. The third kappa shape index (κ3) is 5.48. The molecule has 22 heavy (non-hydrogen) atoms. The summed E-state index contributed by atoms with van der Waals surface area (Å²) in [7, 11) is 0. The van der Waals surface area contributed by atoms with Gasteiger partial charge in [-0.05, 0) is 38.5 Å². The third-order valence-electron chi connectivity index (χ3n) is 2.80. The Balaban J connectivity index is 3.17. The van der Waals surface area contributed by atoms with Crippen LogP contribution in [-0.2, 0) is 14.3 Å². The standard InChI is InChI=1S/C15H19Cl2NO4/c1-15(2,3)22-14(21)13(11(18)7-12(19)20)8-4-5-9(16)10(17)6-8/h4-6,11,13H,7,18H2,1-3H3,(H,19,20)/t11-,13+/m1/s1. The molecule has 0 fully saturated rings. The van der Waals surface area contributed by atoms with Crippen molar-refractivity contribution < 1.29 is 19.4 Å². The van der Waals surface area contributed by atoms with Crippen LogP contribution >= 0.6 is 23.2 Å². The van der Waals surface area contributed by atoms with E-state index < -0.39 is 29.5 Å². The van der Waals surface area contributed by atoms with E-state index in [-0.39, 0.29) is 11.4 Å². The fourth-order valence-corrected chi connectivity index (χ4v) is 2.26. The molecule has 1 rings (SSSR count). The molecule has 0 aliphatic carbocycles. The molecule has 0 aliphatic rings. The van der Waals surface area contributed by atoms with Crippen LogP contribution in [0, 0.1) is 0 Å². The Morgan fingerprint density at radius 1 is 1.27 bits per heavy atom. The van der Waals surface area contributed by atoms with Crippen LogP contribution in [0.3, 0.4) is 0 Å². The minimum Gasteiger partial charge on any atom is -0.481 e. The first-order valence-corrected chi connectivity index (χ1v) is 7.42. The average molecular weight is 348 g/mol. The van der Waals surface area contributed by atoms with E-state index in [1.54, 1.807) is 26.8 Å². The van der Waals surface area contributed by atoms with Gasteiger partial charge in [0.15, 0.2) is 0 Å². The summed E-state index contributed by atoms with van der Waals surface area (Å²) in [4.78, 5) is 23.3. The van der Waals surface area contributed by atoms with Gasteiger partial charge in [0.1, 0.15) is 5.60 Å². The fraction of sp³-hybridized carbons (Fsp3) is 0.467. The summed E-state index contributed by atoms with van der Waals surface area (Å²) in [6.45, 7) is 5.17. The van der Waals surface area contributed by atoms with E-state index in [0.717, 1.165) is 0 Å². The molecule has 0 aliphatic heterocycles. The third-order valence-corrected chi connectivity index (χ3v) is 3.54. The molecule has 1 aromatic rings. The van der Waals surface area contributed by atoms with Crippen molar-refractivity contribution in [2.45, 2.75) is 44.8 Å². The molecule has 0 unspecified atom stereocenters. The highest BCUT2D eigenvalue weighted by atomic mass is 35.5. The van der Waals surface area contributed by atoms with Crippen molar-refractivity contribution in [2.75, 3.05) is 0 Å². The Kier molecular flexibility index (Phi) is 6.23. The maximum atomic E-state index is 12.4. The summed E-state index contributed by atoms with van der Waals surface area (Å²) in [5.74, 6) is -2.63. The zero-order valence-electron chi connectivity index (χ0n) is 12.6. The van der Waals surface area contributed by atoms with E-state index in [9.17, 15) is 9.59 Å². The van der Waals surface area contributed by atoms with Crippen LogP contribution in [0.4, 0.5) is 0 Å². The van der Waals surface area contributed by atoms with Gasteiger partial charge in [0.25, 0.3) is 0 Å². The van der Waals surface area contributed by atoms with Gasteiger partial charge in [-0.25, -0.2) is 0 Å². The second-order valence-electron chi connectivity index (χ2n) is 5.95. The number of carbonyl (C=O) groups excluding carboxylic acids is 1. The first-order valence-electron chi connectivity index (χ1n) is 6.66. The van der Waals surface area contributed by atoms with E-state index >= 15 is 0 Å². The molecule has 5 nitrogen and oxygen atoms in total. The monoisotopic (exact) mass is 347 g/mol. The largest absolute Gasteiger partial charge is 0.481 e.